The van der Waals surface area contributed by atoms with Crippen molar-refractivity contribution in [3.8, 4) is 0 Å². The third-order valence-corrected chi connectivity index (χ3v) is 4.94. The molecule has 0 aromatic carbocycles. The van der Waals surface area contributed by atoms with E-state index in [1.54, 1.807) is 11.8 Å². The number of thioether (sulfide) groups is 1. The van der Waals surface area contributed by atoms with Crippen molar-refractivity contribution in [3.63, 3.8) is 0 Å². The van der Waals surface area contributed by atoms with Gasteiger partial charge in [0.1, 0.15) is 11.6 Å². The van der Waals surface area contributed by atoms with Gasteiger partial charge in [-0.15, -0.1) is 0 Å². The lowest BCUT2D eigenvalue weighted by atomic mass is 9.75. The van der Waals surface area contributed by atoms with Crippen molar-refractivity contribution in [3.05, 3.63) is 6.07 Å². The summed E-state index contributed by atoms with van der Waals surface area (Å²) in [6, 6.07) is 2.05. The predicted octanol–water partition coefficient (Wildman–Crippen LogP) is 2.55. The Hall–Kier alpha value is -1.01. The van der Waals surface area contributed by atoms with Crippen molar-refractivity contribution in [1.82, 2.24) is 14.9 Å². The second-order valence-electron chi connectivity index (χ2n) is 5.96. The average molecular weight is 309 g/mol. The van der Waals surface area contributed by atoms with E-state index in [0.29, 0.717) is 5.54 Å². The van der Waals surface area contributed by atoms with E-state index in [1.165, 1.54) is 19.3 Å². The van der Waals surface area contributed by atoms with Crippen molar-refractivity contribution in [2.45, 2.75) is 36.9 Å². The number of likely N-dealkylation sites (N-methyl/N-ethyl adjacent to an activating group) is 2. The Morgan fingerprint density at radius 3 is 2.48 bits per heavy atom. The minimum Gasteiger partial charge on any atom is -0.370 e. The molecule has 0 spiro atoms. The Bertz CT molecular complexity index is 473. The molecule has 2 rings (SSSR count). The molecule has 1 aromatic rings. The number of nitrogens with one attached hydrogen (secondary N) is 1. The van der Waals surface area contributed by atoms with Crippen molar-refractivity contribution < 1.29 is 0 Å². The fraction of sp³-hybridized carbons (Fsp3) is 0.733. The Kier molecular flexibility index (Phi) is 5.32. The van der Waals surface area contributed by atoms with Crippen LogP contribution in [0.1, 0.15) is 26.2 Å². The molecule has 1 aliphatic rings. The number of nitrogens with zero attached hydrogens (tertiary/aromatic N) is 4. The third-order valence-electron chi connectivity index (χ3n) is 4.39. The first-order valence-corrected chi connectivity index (χ1v) is 8.79. The predicted molar refractivity (Wildman–Crippen MR) is 91.5 cm³/mol. The van der Waals surface area contributed by atoms with E-state index in [1.807, 2.05) is 12.3 Å². The summed E-state index contributed by atoms with van der Waals surface area (Å²) in [4.78, 5) is 13.8. The maximum Gasteiger partial charge on any atom is 0.191 e. The molecule has 0 unspecified atom stereocenters. The zero-order valence-electron chi connectivity index (χ0n) is 13.8. The number of anilines is 2. The second-order valence-corrected chi connectivity index (χ2v) is 6.73. The van der Waals surface area contributed by atoms with Crippen LogP contribution in [0.15, 0.2) is 11.2 Å². The molecule has 0 amide bonds. The molecule has 6 heteroatoms. The van der Waals surface area contributed by atoms with E-state index in [0.717, 1.165) is 29.9 Å². The molecule has 0 aliphatic heterocycles. The van der Waals surface area contributed by atoms with Gasteiger partial charge in [0.2, 0.25) is 0 Å². The van der Waals surface area contributed by atoms with Gasteiger partial charge in [0, 0.05) is 31.7 Å². The van der Waals surface area contributed by atoms with Crippen molar-refractivity contribution in [1.29, 1.82) is 0 Å². The molecule has 1 N–H and O–H groups in total. The van der Waals surface area contributed by atoms with Crippen molar-refractivity contribution >= 4 is 23.4 Å². The van der Waals surface area contributed by atoms with Crippen molar-refractivity contribution in [2.75, 3.05) is 50.7 Å². The van der Waals surface area contributed by atoms with Crippen LogP contribution in [0.5, 0.6) is 0 Å². The van der Waals surface area contributed by atoms with Gasteiger partial charge in [-0.2, -0.15) is 0 Å². The maximum absolute atomic E-state index is 4.66. The molecule has 118 valence electrons. The van der Waals surface area contributed by atoms with Gasteiger partial charge in [0.15, 0.2) is 5.16 Å². The lowest BCUT2D eigenvalue weighted by Crippen LogP contribution is -2.56. The molecule has 0 atom stereocenters. The van der Waals surface area contributed by atoms with Crippen LogP contribution < -0.4 is 10.2 Å². The average Bonchev–Trinajstić information content (AvgIpc) is 2.42. The fourth-order valence-electron chi connectivity index (χ4n) is 2.83. The standard InChI is InChI=1S/C15H27N5S/c1-6-16-12-10-13(18-14(17-12)21-5)20(4)11-15(19(2)3)8-7-9-15/h10H,6-9,11H2,1-5H3,(H,16,17,18). The highest BCUT2D eigenvalue weighted by Crippen LogP contribution is 2.37. The molecule has 21 heavy (non-hydrogen) atoms. The summed E-state index contributed by atoms with van der Waals surface area (Å²) in [6.07, 6.45) is 5.88. The van der Waals surface area contributed by atoms with Crippen LogP contribution in [0, 0.1) is 0 Å². The van der Waals surface area contributed by atoms with Gasteiger partial charge in [-0.3, -0.25) is 0 Å². The van der Waals surface area contributed by atoms with E-state index in [2.05, 4.69) is 53.2 Å². The molecule has 1 heterocycles. The number of hydrogen-bond acceptors (Lipinski definition) is 6. The quantitative estimate of drug-likeness (QED) is 0.617. The zero-order valence-corrected chi connectivity index (χ0v) is 14.6. The first-order chi connectivity index (χ1) is 10.0. The minimum absolute atomic E-state index is 0.303. The summed E-state index contributed by atoms with van der Waals surface area (Å²) >= 11 is 1.59. The SMILES string of the molecule is CCNc1cc(N(C)CC2(N(C)C)CCC2)nc(SC)n1. The van der Waals surface area contributed by atoms with Crippen LogP contribution >= 0.6 is 11.8 Å². The minimum atomic E-state index is 0.303. The Labute approximate surface area is 132 Å². The van der Waals surface area contributed by atoms with Gasteiger partial charge in [-0.1, -0.05) is 11.8 Å². The van der Waals surface area contributed by atoms with E-state index >= 15 is 0 Å². The van der Waals surface area contributed by atoms with Gasteiger partial charge in [-0.05, 0) is 46.5 Å². The van der Waals surface area contributed by atoms with E-state index in [-0.39, 0.29) is 0 Å². The third kappa shape index (κ3) is 3.61. The van der Waals surface area contributed by atoms with E-state index < -0.39 is 0 Å². The lowest BCUT2D eigenvalue weighted by molar-refractivity contribution is 0.0681. The molecular weight excluding hydrogens is 282 g/mol. The topological polar surface area (TPSA) is 44.3 Å². The van der Waals surface area contributed by atoms with Crippen LogP contribution in [0.2, 0.25) is 0 Å². The summed E-state index contributed by atoms with van der Waals surface area (Å²) < 4.78 is 0. The molecular formula is C15H27N5S. The summed E-state index contributed by atoms with van der Waals surface area (Å²) in [7, 11) is 6.50. The molecule has 1 saturated carbocycles. The summed E-state index contributed by atoms with van der Waals surface area (Å²) in [6.45, 7) is 3.96. The number of rotatable bonds is 7. The maximum atomic E-state index is 4.66. The monoisotopic (exact) mass is 309 g/mol. The number of hydrogen-bond donors (Lipinski definition) is 1. The molecule has 5 nitrogen and oxygen atoms in total. The normalized spacial score (nSPS) is 16.7. The van der Waals surface area contributed by atoms with Crippen molar-refractivity contribution in [2.24, 2.45) is 0 Å². The molecule has 0 saturated heterocycles. The first-order valence-electron chi connectivity index (χ1n) is 7.56. The van der Waals surface area contributed by atoms with E-state index in [4.69, 9.17) is 0 Å². The van der Waals surface area contributed by atoms with Gasteiger partial charge in [0.25, 0.3) is 0 Å². The van der Waals surface area contributed by atoms with Gasteiger partial charge < -0.3 is 15.1 Å². The van der Waals surface area contributed by atoms with Gasteiger partial charge >= 0.3 is 0 Å². The Morgan fingerprint density at radius 1 is 1.29 bits per heavy atom. The van der Waals surface area contributed by atoms with E-state index in [9.17, 15) is 0 Å². The largest absolute Gasteiger partial charge is 0.370 e. The van der Waals surface area contributed by atoms with Crippen LogP contribution in [-0.4, -0.2) is 60.9 Å². The molecule has 1 aromatic heterocycles. The molecule has 1 fully saturated rings. The highest BCUT2D eigenvalue weighted by molar-refractivity contribution is 7.98. The molecule has 0 radical (unpaired) electrons. The molecule has 0 bridgehead atoms. The lowest BCUT2D eigenvalue weighted by Gasteiger charge is -2.49. The summed E-state index contributed by atoms with van der Waals surface area (Å²) in [5.74, 6) is 1.91. The Balaban J connectivity index is 2.17. The highest BCUT2D eigenvalue weighted by atomic mass is 32.2. The van der Waals surface area contributed by atoms with Crippen LogP contribution in [-0.2, 0) is 0 Å². The van der Waals surface area contributed by atoms with Crippen LogP contribution in [0.25, 0.3) is 0 Å². The van der Waals surface area contributed by atoms with Crippen LogP contribution in [0.4, 0.5) is 11.6 Å². The fourth-order valence-corrected chi connectivity index (χ4v) is 3.20. The van der Waals surface area contributed by atoms with Crippen LogP contribution in [0.3, 0.4) is 0 Å². The number of aromatic nitrogens is 2. The smallest absolute Gasteiger partial charge is 0.191 e. The molecule has 1 aliphatic carbocycles. The first kappa shape index (κ1) is 16.4. The second kappa shape index (κ2) is 6.83. The van der Waals surface area contributed by atoms with Gasteiger partial charge in [0.05, 0.1) is 0 Å². The highest BCUT2D eigenvalue weighted by Gasteiger charge is 2.40. The Morgan fingerprint density at radius 2 is 2.00 bits per heavy atom. The summed E-state index contributed by atoms with van der Waals surface area (Å²) in [5, 5.41) is 4.11. The van der Waals surface area contributed by atoms with Gasteiger partial charge in [-0.25, -0.2) is 9.97 Å². The summed E-state index contributed by atoms with van der Waals surface area (Å²) in [5.41, 5.74) is 0.303. The zero-order chi connectivity index (χ0) is 15.5.